The molecule has 0 atom stereocenters. The number of nitrogens with one attached hydrogen (secondary N) is 1. The number of methoxy groups -OCH3 is 1. The summed E-state index contributed by atoms with van der Waals surface area (Å²) >= 11 is 0. The van der Waals surface area contributed by atoms with Gasteiger partial charge >= 0.3 is 5.97 Å². The molecule has 2 aromatic carbocycles. The van der Waals surface area contributed by atoms with Gasteiger partial charge in [-0.05, 0) is 44.0 Å². The van der Waals surface area contributed by atoms with Crippen LogP contribution >= 0.6 is 0 Å². The van der Waals surface area contributed by atoms with Crippen LogP contribution in [-0.2, 0) is 21.4 Å². The van der Waals surface area contributed by atoms with Gasteiger partial charge in [0, 0.05) is 17.7 Å². The molecule has 25 heavy (non-hydrogen) atoms. The zero-order valence-electron chi connectivity index (χ0n) is 14.7. The molecule has 0 aliphatic heterocycles. The second kappa shape index (κ2) is 7.83. The van der Waals surface area contributed by atoms with Crippen molar-refractivity contribution in [2.75, 3.05) is 12.4 Å². The van der Waals surface area contributed by atoms with E-state index in [0.717, 1.165) is 11.1 Å². The van der Waals surface area contributed by atoms with Crippen LogP contribution in [-0.4, -0.2) is 24.1 Å². The Morgan fingerprint density at radius 1 is 1.08 bits per heavy atom. The monoisotopic (exact) mass is 341 g/mol. The van der Waals surface area contributed by atoms with Crippen molar-refractivity contribution in [2.24, 2.45) is 0 Å². The molecule has 0 fully saturated rings. The number of carboxylic acids is 1. The van der Waals surface area contributed by atoms with Crippen LogP contribution in [0.5, 0.6) is 5.75 Å². The maximum Gasteiger partial charge on any atom is 0.303 e. The Balaban J connectivity index is 2.11. The number of amides is 1. The molecule has 5 heteroatoms. The Bertz CT molecular complexity index is 751. The predicted molar refractivity (Wildman–Crippen MR) is 97.0 cm³/mol. The summed E-state index contributed by atoms with van der Waals surface area (Å²) in [7, 11) is 1.59. The Hall–Kier alpha value is -2.82. The molecule has 0 aromatic heterocycles. The minimum absolute atomic E-state index is 0.0898. The van der Waals surface area contributed by atoms with Crippen molar-refractivity contribution in [1.29, 1.82) is 0 Å². The predicted octanol–water partition coefficient (Wildman–Crippen LogP) is 3.63. The van der Waals surface area contributed by atoms with Gasteiger partial charge in [0.05, 0.1) is 12.5 Å². The number of ether oxygens (including phenoxy) is 1. The summed E-state index contributed by atoms with van der Waals surface area (Å²) < 4.78 is 5.37. The van der Waals surface area contributed by atoms with Crippen LogP contribution in [0.4, 0.5) is 5.69 Å². The zero-order chi connectivity index (χ0) is 18.4. The van der Waals surface area contributed by atoms with Crippen LogP contribution in [0.2, 0.25) is 0 Å². The highest BCUT2D eigenvalue weighted by Crippen LogP contribution is 2.32. The zero-order valence-corrected chi connectivity index (χ0v) is 14.7. The van der Waals surface area contributed by atoms with Crippen molar-refractivity contribution in [3.63, 3.8) is 0 Å². The van der Waals surface area contributed by atoms with E-state index in [4.69, 9.17) is 9.84 Å². The van der Waals surface area contributed by atoms with Gasteiger partial charge in [-0.2, -0.15) is 0 Å². The van der Waals surface area contributed by atoms with E-state index in [1.165, 1.54) is 0 Å². The molecule has 2 rings (SSSR count). The van der Waals surface area contributed by atoms with Crippen LogP contribution < -0.4 is 10.1 Å². The SMILES string of the molecule is COc1ccccc1C(C)(C)C(=O)Nc1ccc(CCC(=O)O)cc1. The van der Waals surface area contributed by atoms with Gasteiger partial charge in [-0.3, -0.25) is 9.59 Å². The van der Waals surface area contributed by atoms with Crippen LogP contribution in [0.25, 0.3) is 0 Å². The van der Waals surface area contributed by atoms with Crippen molar-refractivity contribution in [1.82, 2.24) is 0 Å². The maximum atomic E-state index is 12.8. The number of hydrogen-bond acceptors (Lipinski definition) is 3. The third-order valence-corrected chi connectivity index (χ3v) is 4.19. The average Bonchev–Trinajstić information content (AvgIpc) is 2.60. The lowest BCUT2D eigenvalue weighted by atomic mass is 9.83. The molecule has 5 nitrogen and oxygen atoms in total. The number of para-hydroxylation sites is 1. The van der Waals surface area contributed by atoms with Gasteiger partial charge in [-0.25, -0.2) is 0 Å². The van der Waals surface area contributed by atoms with Crippen molar-refractivity contribution >= 4 is 17.6 Å². The summed E-state index contributed by atoms with van der Waals surface area (Å²) in [6, 6.07) is 14.7. The van der Waals surface area contributed by atoms with Gasteiger partial charge in [0.15, 0.2) is 0 Å². The highest BCUT2D eigenvalue weighted by atomic mass is 16.5. The summed E-state index contributed by atoms with van der Waals surface area (Å²) in [6.45, 7) is 3.70. The highest BCUT2D eigenvalue weighted by Gasteiger charge is 2.32. The molecule has 0 saturated carbocycles. The maximum absolute atomic E-state index is 12.8. The minimum Gasteiger partial charge on any atom is -0.496 e. The molecule has 1 amide bonds. The van der Waals surface area contributed by atoms with Crippen molar-refractivity contribution in [3.05, 3.63) is 59.7 Å². The molecule has 0 radical (unpaired) electrons. The topological polar surface area (TPSA) is 75.6 Å². The largest absolute Gasteiger partial charge is 0.496 e. The smallest absolute Gasteiger partial charge is 0.303 e. The Kier molecular flexibility index (Phi) is 5.80. The summed E-state index contributed by atoms with van der Waals surface area (Å²) in [6.07, 6.45) is 0.558. The lowest BCUT2D eigenvalue weighted by molar-refractivity contribution is -0.137. The molecular weight excluding hydrogens is 318 g/mol. The molecule has 0 aliphatic carbocycles. The van der Waals surface area contributed by atoms with Gasteiger partial charge in [-0.15, -0.1) is 0 Å². The molecule has 2 aromatic rings. The number of carbonyl (C=O) groups is 2. The molecule has 0 bridgehead atoms. The third-order valence-electron chi connectivity index (χ3n) is 4.19. The first-order chi connectivity index (χ1) is 11.8. The molecule has 0 aliphatic rings. The highest BCUT2D eigenvalue weighted by molar-refractivity contribution is 5.99. The molecule has 0 spiro atoms. The molecule has 0 unspecified atom stereocenters. The fraction of sp³-hybridized carbons (Fsp3) is 0.300. The van der Waals surface area contributed by atoms with Gasteiger partial charge in [0.1, 0.15) is 5.75 Å². The first-order valence-electron chi connectivity index (χ1n) is 8.10. The second-order valence-corrected chi connectivity index (χ2v) is 6.37. The van der Waals surface area contributed by atoms with Gasteiger partial charge in [-0.1, -0.05) is 30.3 Å². The van der Waals surface area contributed by atoms with Crippen molar-refractivity contribution in [3.8, 4) is 5.75 Å². The van der Waals surface area contributed by atoms with Gasteiger partial charge in [0.25, 0.3) is 0 Å². The van der Waals surface area contributed by atoms with E-state index in [9.17, 15) is 9.59 Å². The van der Waals surface area contributed by atoms with Crippen LogP contribution in [0, 0.1) is 0 Å². The quantitative estimate of drug-likeness (QED) is 0.806. The number of benzene rings is 2. The molecule has 2 N–H and O–H groups in total. The van der Waals surface area contributed by atoms with E-state index in [1.54, 1.807) is 19.2 Å². The van der Waals surface area contributed by atoms with Crippen LogP contribution in [0.15, 0.2) is 48.5 Å². The van der Waals surface area contributed by atoms with E-state index in [2.05, 4.69) is 5.32 Å². The van der Waals surface area contributed by atoms with E-state index in [0.29, 0.717) is 17.9 Å². The van der Waals surface area contributed by atoms with Crippen LogP contribution in [0.1, 0.15) is 31.4 Å². The summed E-state index contributed by atoms with van der Waals surface area (Å²) in [5.74, 6) is -0.294. The van der Waals surface area contributed by atoms with E-state index in [-0.39, 0.29) is 12.3 Å². The minimum atomic E-state index is -0.823. The Morgan fingerprint density at radius 2 is 1.72 bits per heavy atom. The van der Waals surface area contributed by atoms with E-state index < -0.39 is 11.4 Å². The summed E-state index contributed by atoms with van der Waals surface area (Å²) in [4.78, 5) is 23.4. The number of aliphatic carboxylic acids is 1. The number of rotatable bonds is 7. The normalized spacial score (nSPS) is 11.0. The van der Waals surface area contributed by atoms with Crippen molar-refractivity contribution in [2.45, 2.75) is 32.1 Å². The van der Waals surface area contributed by atoms with Crippen LogP contribution in [0.3, 0.4) is 0 Å². The number of anilines is 1. The number of hydrogen-bond donors (Lipinski definition) is 2. The number of aryl methyl sites for hydroxylation is 1. The first kappa shape index (κ1) is 18.5. The number of carboxylic acid groups (broad SMARTS) is 1. The first-order valence-corrected chi connectivity index (χ1v) is 8.10. The third kappa shape index (κ3) is 4.59. The lowest BCUT2D eigenvalue weighted by Crippen LogP contribution is -2.35. The van der Waals surface area contributed by atoms with E-state index in [1.807, 2.05) is 50.2 Å². The summed E-state index contributed by atoms with van der Waals surface area (Å²) in [5.41, 5.74) is 1.64. The second-order valence-electron chi connectivity index (χ2n) is 6.37. The van der Waals surface area contributed by atoms with Crippen molar-refractivity contribution < 1.29 is 19.4 Å². The molecule has 132 valence electrons. The molecular formula is C20H23NO4. The fourth-order valence-electron chi connectivity index (χ4n) is 2.58. The Labute approximate surface area is 147 Å². The fourth-order valence-corrected chi connectivity index (χ4v) is 2.58. The van der Waals surface area contributed by atoms with Gasteiger partial charge in [0.2, 0.25) is 5.91 Å². The molecule has 0 heterocycles. The number of carbonyl (C=O) groups excluding carboxylic acids is 1. The standard InChI is InChI=1S/C20H23NO4/c1-20(2,16-6-4-5-7-17(16)25-3)19(24)21-15-11-8-14(9-12-15)10-13-18(22)23/h4-9,11-12H,10,13H2,1-3H3,(H,21,24)(H,22,23). The van der Waals surface area contributed by atoms with Gasteiger partial charge < -0.3 is 15.2 Å². The molecule has 0 saturated heterocycles. The summed E-state index contributed by atoms with van der Waals surface area (Å²) in [5, 5.41) is 11.6. The lowest BCUT2D eigenvalue weighted by Gasteiger charge is -2.26. The average molecular weight is 341 g/mol. The van der Waals surface area contributed by atoms with E-state index >= 15 is 0 Å². The Morgan fingerprint density at radius 3 is 2.32 bits per heavy atom.